The molecule has 5 nitrogen and oxygen atoms in total. The van der Waals surface area contributed by atoms with Gasteiger partial charge in [0.1, 0.15) is 11.6 Å². The highest BCUT2D eigenvalue weighted by molar-refractivity contribution is 7.20. The molecule has 1 aromatic carbocycles. The summed E-state index contributed by atoms with van der Waals surface area (Å²) in [7, 11) is 0. The monoisotopic (exact) mass is 355 g/mol. The number of thiazole rings is 1. The van der Waals surface area contributed by atoms with Crippen molar-refractivity contribution in [2.24, 2.45) is 0 Å². The van der Waals surface area contributed by atoms with Crippen molar-refractivity contribution in [1.29, 1.82) is 0 Å². The van der Waals surface area contributed by atoms with Crippen LogP contribution in [0.25, 0.3) is 9.88 Å². The van der Waals surface area contributed by atoms with Gasteiger partial charge in [0.2, 0.25) is 0 Å². The van der Waals surface area contributed by atoms with Gasteiger partial charge < -0.3 is 0 Å². The highest BCUT2D eigenvalue weighted by Crippen LogP contribution is 2.29. The molecule has 1 aliphatic rings. The number of carbonyl (C=O) groups is 2. The Morgan fingerprint density at radius 3 is 2.62 bits per heavy atom. The molecule has 0 aliphatic carbocycles. The van der Waals surface area contributed by atoms with Gasteiger partial charge in [0.05, 0.1) is 17.1 Å². The van der Waals surface area contributed by atoms with E-state index in [1.54, 1.807) is 11.3 Å². The largest absolute Gasteiger partial charge is 0.332 e. The normalized spacial score (nSPS) is 14.7. The Kier molecular flexibility index (Phi) is 3.87. The summed E-state index contributed by atoms with van der Waals surface area (Å²) in [6, 6.07) is 12.9. The number of rotatable bonds is 4. The van der Waals surface area contributed by atoms with E-state index in [4.69, 9.17) is 0 Å². The molecule has 120 valence electrons. The number of anilines is 1. The Balaban J connectivity index is 1.53. The molecule has 7 heteroatoms. The first kappa shape index (κ1) is 15.0. The van der Waals surface area contributed by atoms with Crippen molar-refractivity contribution >= 4 is 40.3 Å². The van der Waals surface area contributed by atoms with Gasteiger partial charge in [-0.15, -0.1) is 22.7 Å². The van der Waals surface area contributed by atoms with E-state index in [0.29, 0.717) is 0 Å². The maximum Gasteiger partial charge on any atom is 0.332 e. The van der Waals surface area contributed by atoms with Crippen molar-refractivity contribution < 1.29 is 9.59 Å². The predicted molar refractivity (Wildman–Crippen MR) is 95.2 cm³/mol. The number of urea groups is 1. The van der Waals surface area contributed by atoms with Crippen molar-refractivity contribution in [2.75, 3.05) is 11.4 Å². The molecular formula is C17H13N3O2S2. The van der Waals surface area contributed by atoms with Crippen molar-refractivity contribution in [3.8, 4) is 9.88 Å². The summed E-state index contributed by atoms with van der Waals surface area (Å²) in [5.41, 5.74) is 1.47. The van der Waals surface area contributed by atoms with E-state index >= 15 is 0 Å². The number of aromatic nitrogens is 1. The Labute approximate surface area is 146 Å². The van der Waals surface area contributed by atoms with Gasteiger partial charge in [0, 0.05) is 11.1 Å². The van der Waals surface area contributed by atoms with Crippen LogP contribution in [-0.4, -0.2) is 28.4 Å². The van der Waals surface area contributed by atoms with E-state index in [9.17, 15) is 9.59 Å². The molecule has 24 heavy (non-hydrogen) atoms. The van der Waals surface area contributed by atoms with Crippen LogP contribution in [0.3, 0.4) is 0 Å². The van der Waals surface area contributed by atoms with Gasteiger partial charge >= 0.3 is 6.03 Å². The van der Waals surface area contributed by atoms with E-state index in [0.717, 1.165) is 21.3 Å². The number of imide groups is 1. The van der Waals surface area contributed by atoms with Crippen LogP contribution in [0.15, 0.2) is 53.2 Å². The molecule has 0 spiro atoms. The number of hydrogen-bond donors (Lipinski definition) is 0. The third-order valence-corrected chi connectivity index (χ3v) is 5.66. The van der Waals surface area contributed by atoms with Crippen LogP contribution >= 0.6 is 22.7 Å². The molecule has 0 radical (unpaired) electrons. The topological polar surface area (TPSA) is 53.5 Å². The number of benzene rings is 1. The zero-order chi connectivity index (χ0) is 16.5. The van der Waals surface area contributed by atoms with Gasteiger partial charge in [0.15, 0.2) is 0 Å². The number of hydrogen-bond acceptors (Lipinski definition) is 5. The third-order valence-electron chi connectivity index (χ3n) is 3.73. The SMILES string of the molecule is O=C1CN(c2ccccc2)C(=O)N1Cc1csc(-c2cccs2)n1. The third kappa shape index (κ3) is 2.72. The smallest absolute Gasteiger partial charge is 0.285 e. The standard InChI is InChI=1S/C17H13N3O2S2/c21-15-10-19(13-5-2-1-3-6-13)17(22)20(15)9-12-11-24-16(18-12)14-7-4-8-23-14/h1-8,11H,9-10H2. The summed E-state index contributed by atoms with van der Waals surface area (Å²) in [5.74, 6) is -0.200. The number of thiophene rings is 1. The second-order valence-electron chi connectivity index (χ2n) is 5.31. The molecule has 0 bridgehead atoms. The molecule has 4 rings (SSSR count). The lowest BCUT2D eigenvalue weighted by molar-refractivity contribution is -0.125. The number of carbonyl (C=O) groups excluding carboxylic acids is 2. The first-order valence-corrected chi connectivity index (χ1v) is 9.13. The summed E-state index contributed by atoms with van der Waals surface area (Å²) < 4.78 is 0. The maximum atomic E-state index is 12.6. The van der Waals surface area contributed by atoms with Crippen molar-refractivity contribution in [2.45, 2.75) is 6.54 Å². The van der Waals surface area contributed by atoms with E-state index in [2.05, 4.69) is 4.98 Å². The number of nitrogens with zero attached hydrogens (tertiary/aromatic N) is 3. The van der Waals surface area contributed by atoms with Crippen molar-refractivity contribution in [3.63, 3.8) is 0 Å². The van der Waals surface area contributed by atoms with Gasteiger partial charge in [0.25, 0.3) is 5.91 Å². The summed E-state index contributed by atoms with van der Waals surface area (Å²) in [5, 5.41) is 4.82. The summed E-state index contributed by atoms with van der Waals surface area (Å²) in [6.07, 6.45) is 0. The molecule has 1 fully saturated rings. The minimum Gasteiger partial charge on any atom is -0.285 e. The Morgan fingerprint density at radius 1 is 1.04 bits per heavy atom. The molecular weight excluding hydrogens is 342 g/mol. The van der Waals surface area contributed by atoms with Gasteiger partial charge in [-0.2, -0.15) is 0 Å². The van der Waals surface area contributed by atoms with E-state index in [-0.39, 0.29) is 25.0 Å². The predicted octanol–water partition coefficient (Wildman–Crippen LogP) is 3.84. The molecule has 0 unspecified atom stereocenters. The molecule has 2 aromatic heterocycles. The first-order chi connectivity index (χ1) is 11.7. The lowest BCUT2D eigenvalue weighted by atomic mass is 10.3. The van der Waals surface area contributed by atoms with Crippen LogP contribution in [0.4, 0.5) is 10.5 Å². The summed E-state index contributed by atoms with van der Waals surface area (Å²) in [4.78, 5) is 33.2. The Bertz CT molecular complexity index is 874. The molecule has 1 saturated heterocycles. The molecule has 0 saturated carbocycles. The molecule has 3 aromatic rings. The van der Waals surface area contributed by atoms with Gasteiger partial charge in [-0.25, -0.2) is 9.78 Å². The molecule has 3 amide bonds. The van der Waals surface area contributed by atoms with E-state index in [1.165, 1.54) is 21.1 Å². The fraction of sp³-hybridized carbons (Fsp3) is 0.118. The summed E-state index contributed by atoms with van der Waals surface area (Å²) in [6.45, 7) is 0.285. The minimum atomic E-state index is -0.295. The fourth-order valence-corrected chi connectivity index (χ4v) is 4.19. The first-order valence-electron chi connectivity index (χ1n) is 7.37. The highest BCUT2D eigenvalue weighted by Gasteiger charge is 2.37. The zero-order valence-electron chi connectivity index (χ0n) is 12.6. The number of amides is 3. The van der Waals surface area contributed by atoms with E-state index in [1.807, 2.05) is 53.2 Å². The van der Waals surface area contributed by atoms with Gasteiger partial charge in [-0.05, 0) is 23.6 Å². The number of para-hydroxylation sites is 1. The molecule has 0 atom stereocenters. The maximum absolute atomic E-state index is 12.6. The highest BCUT2D eigenvalue weighted by atomic mass is 32.1. The summed E-state index contributed by atoms with van der Waals surface area (Å²) >= 11 is 3.15. The van der Waals surface area contributed by atoms with Gasteiger partial charge in [-0.3, -0.25) is 14.6 Å². The van der Waals surface area contributed by atoms with Crippen LogP contribution in [-0.2, 0) is 11.3 Å². The van der Waals surface area contributed by atoms with Crippen LogP contribution in [0, 0.1) is 0 Å². The fourth-order valence-electron chi connectivity index (χ4n) is 2.56. The van der Waals surface area contributed by atoms with Gasteiger partial charge in [-0.1, -0.05) is 24.3 Å². The minimum absolute atomic E-state index is 0.0742. The quantitative estimate of drug-likeness (QED) is 0.668. The van der Waals surface area contributed by atoms with Crippen LogP contribution in [0.5, 0.6) is 0 Å². The van der Waals surface area contributed by atoms with Crippen LogP contribution in [0.2, 0.25) is 0 Å². The van der Waals surface area contributed by atoms with Crippen LogP contribution in [0.1, 0.15) is 5.69 Å². The Morgan fingerprint density at radius 2 is 1.88 bits per heavy atom. The molecule has 3 heterocycles. The lowest BCUT2D eigenvalue weighted by Gasteiger charge is -2.16. The second kappa shape index (κ2) is 6.18. The lowest BCUT2D eigenvalue weighted by Crippen LogP contribution is -2.32. The average molecular weight is 355 g/mol. The zero-order valence-corrected chi connectivity index (χ0v) is 14.2. The molecule has 1 aliphatic heterocycles. The van der Waals surface area contributed by atoms with E-state index < -0.39 is 0 Å². The molecule has 0 N–H and O–H groups in total. The Hall–Kier alpha value is -2.51. The van der Waals surface area contributed by atoms with Crippen molar-refractivity contribution in [1.82, 2.24) is 9.88 Å². The second-order valence-corrected chi connectivity index (χ2v) is 7.11. The average Bonchev–Trinajstić information content (AvgIpc) is 3.32. The van der Waals surface area contributed by atoms with Crippen molar-refractivity contribution in [3.05, 3.63) is 58.9 Å². The van der Waals surface area contributed by atoms with Crippen LogP contribution < -0.4 is 4.90 Å².